The highest BCUT2D eigenvalue weighted by Crippen LogP contribution is 2.30. The van der Waals surface area contributed by atoms with E-state index in [2.05, 4.69) is 10.3 Å². The Balaban J connectivity index is 1.61. The van der Waals surface area contributed by atoms with Crippen molar-refractivity contribution in [3.05, 3.63) is 42.6 Å². The number of amides is 2. The predicted octanol–water partition coefficient (Wildman–Crippen LogP) is 2.84. The van der Waals surface area contributed by atoms with Gasteiger partial charge in [-0.2, -0.15) is 0 Å². The van der Waals surface area contributed by atoms with Gasteiger partial charge in [-0.05, 0) is 31.0 Å². The largest absolute Gasteiger partial charge is 0.493 e. The molecule has 2 heterocycles. The number of methoxy groups -OCH3 is 1. The van der Waals surface area contributed by atoms with Crippen molar-refractivity contribution >= 4 is 11.7 Å². The summed E-state index contributed by atoms with van der Waals surface area (Å²) in [5.41, 5.74) is 6.52. The molecule has 2 amide bonds. The number of likely N-dealkylation sites (tertiary alicyclic amines) is 1. The van der Waals surface area contributed by atoms with Crippen LogP contribution in [0.15, 0.2) is 42.6 Å². The molecule has 132 valence electrons. The molecule has 1 atom stereocenters. The average Bonchev–Trinajstić information content (AvgIpc) is 2.64. The Morgan fingerprint density at radius 3 is 2.76 bits per heavy atom. The maximum Gasteiger partial charge on any atom is 0.321 e. The fourth-order valence-electron chi connectivity index (χ4n) is 2.73. The molecule has 2 aromatic rings. The van der Waals surface area contributed by atoms with Crippen LogP contribution in [0.3, 0.4) is 0 Å². The highest BCUT2D eigenvalue weighted by atomic mass is 16.5. The molecule has 7 nitrogen and oxygen atoms in total. The van der Waals surface area contributed by atoms with Gasteiger partial charge in [0.25, 0.3) is 0 Å². The van der Waals surface area contributed by atoms with E-state index in [1.165, 1.54) is 0 Å². The van der Waals surface area contributed by atoms with Crippen molar-refractivity contribution in [2.45, 2.75) is 18.9 Å². The minimum atomic E-state index is -0.157. The monoisotopic (exact) mass is 342 g/mol. The van der Waals surface area contributed by atoms with Crippen LogP contribution in [0, 0.1) is 0 Å². The first kappa shape index (κ1) is 17.0. The summed E-state index contributed by atoms with van der Waals surface area (Å²) in [7, 11) is 1.58. The fourth-order valence-corrected chi connectivity index (χ4v) is 2.73. The molecule has 7 heteroatoms. The Morgan fingerprint density at radius 2 is 2.08 bits per heavy atom. The van der Waals surface area contributed by atoms with Gasteiger partial charge in [0.15, 0.2) is 11.5 Å². The SMILES string of the molecule is COc1ccccc1Oc1ccc(NC(=O)N2CCCC(N)C2)cn1. The number of piperidine rings is 1. The number of nitrogens with zero attached hydrogens (tertiary/aromatic N) is 2. The van der Waals surface area contributed by atoms with Gasteiger partial charge >= 0.3 is 6.03 Å². The van der Waals surface area contributed by atoms with Crippen LogP contribution in [0.5, 0.6) is 17.4 Å². The minimum Gasteiger partial charge on any atom is -0.493 e. The van der Waals surface area contributed by atoms with E-state index in [9.17, 15) is 4.79 Å². The summed E-state index contributed by atoms with van der Waals surface area (Å²) in [4.78, 5) is 18.2. The highest BCUT2D eigenvalue weighted by Gasteiger charge is 2.21. The number of carbonyl (C=O) groups excluding carboxylic acids is 1. The first-order chi connectivity index (χ1) is 12.2. The van der Waals surface area contributed by atoms with E-state index < -0.39 is 0 Å². The number of benzene rings is 1. The number of pyridine rings is 1. The molecule has 3 N–H and O–H groups in total. The summed E-state index contributed by atoms with van der Waals surface area (Å²) in [5.74, 6) is 1.63. The van der Waals surface area contributed by atoms with Gasteiger partial charge in [-0.25, -0.2) is 9.78 Å². The number of aromatic nitrogens is 1. The number of hydrogen-bond acceptors (Lipinski definition) is 5. The lowest BCUT2D eigenvalue weighted by atomic mass is 10.1. The number of nitrogens with two attached hydrogens (primary N) is 1. The zero-order valence-electron chi connectivity index (χ0n) is 14.1. The molecule has 1 aromatic heterocycles. The second-order valence-electron chi connectivity index (χ2n) is 5.92. The molecular weight excluding hydrogens is 320 g/mol. The lowest BCUT2D eigenvalue weighted by Gasteiger charge is -2.30. The van der Waals surface area contributed by atoms with E-state index >= 15 is 0 Å². The summed E-state index contributed by atoms with van der Waals surface area (Å²) in [5, 5.41) is 2.83. The highest BCUT2D eigenvalue weighted by molar-refractivity contribution is 5.89. The molecule has 1 aliphatic rings. The summed E-state index contributed by atoms with van der Waals surface area (Å²) in [6.45, 7) is 1.30. The fraction of sp³-hybridized carbons (Fsp3) is 0.333. The van der Waals surface area contributed by atoms with E-state index in [0.29, 0.717) is 29.6 Å². The van der Waals surface area contributed by atoms with Crippen molar-refractivity contribution in [1.82, 2.24) is 9.88 Å². The maximum atomic E-state index is 12.3. The lowest BCUT2D eigenvalue weighted by molar-refractivity contribution is 0.193. The molecule has 1 fully saturated rings. The van der Waals surface area contributed by atoms with Crippen molar-refractivity contribution in [3.63, 3.8) is 0 Å². The standard InChI is InChI=1S/C18H22N4O3/c1-24-15-6-2-3-7-16(15)25-17-9-8-14(11-20-17)21-18(23)22-10-4-5-13(19)12-22/h2-3,6-9,11,13H,4-5,10,12,19H2,1H3,(H,21,23). The topological polar surface area (TPSA) is 89.7 Å². The number of anilines is 1. The Labute approximate surface area is 146 Å². The summed E-state index contributed by atoms with van der Waals surface area (Å²) >= 11 is 0. The smallest absolute Gasteiger partial charge is 0.321 e. The second kappa shape index (κ2) is 7.85. The first-order valence-corrected chi connectivity index (χ1v) is 8.24. The molecule has 0 radical (unpaired) electrons. The third-order valence-corrected chi connectivity index (χ3v) is 4.02. The quantitative estimate of drug-likeness (QED) is 0.892. The van der Waals surface area contributed by atoms with Gasteiger partial charge < -0.3 is 25.4 Å². The third-order valence-electron chi connectivity index (χ3n) is 4.02. The van der Waals surface area contributed by atoms with Gasteiger partial charge in [0, 0.05) is 25.2 Å². The number of hydrogen-bond donors (Lipinski definition) is 2. The van der Waals surface area contributed by atoms with Crippen LogP contribution in [0.1, 0.15) is 12.8 Å². The van der Waals surface area contributed by atoms with Crippen molar-refractivity contribution < 1.29 is 14.3 Å². The molecule has 1 aliphatic heterocycles. The molecule has 1 unspecified atom stereocenters. The van der Waals surface area contributed by atoms with Crippen LogP contribution in [0.4, 0.5) is 10.5 Å². The predicted molar refractivity (Wildman–Crippen MR) is 95.1 cm³/mol. The molecule has 1 aromatic carbocycles. The summed E-state index contributed by atoms with van der Waals surface area (Å²) < 4.78 is 11.0. The van der Waals surface area contributed by atoms with E-state index in [4.69, 9.17) is 15.2 Å². The number of para-hydroxylation sites is 2. The Bertz CT molecular complexity index is 721. The van der Waals surface area contributed by atoms with Crippen LogP contribution in [-0.2, 0) is 0 Å². The third kappa shape index (κ3) is 4.39. The minimum absolute atomic E-state index is 0.0502. The average molecular weight is 342 g/mol. The van der Waals surface area contributed by atoms with Crippen LogP contribution in [0.2, 0.25) is 0 Å². The molecular formula is C18H22N4O3. The van der Waals surface area contributed by atoms with E-state index in [1.807, 2.05) is 18.2 Å². The summed E-state index contributed by atoms with van der Waals surface area (Å²) in [6.07, 6.45) is 3.45. The van der Waals surface area contributed by atoms with Crippen molar-refractivity contribution in [3.8, 4) is 17.4 Å². The van der Waals surface area contributed by atoms with E-state index in [1.54, 1.807) is 36.4 Å². The van der Waals surface area contributed by atoms with Gasteiger partial charge in [-0.1, -0.05) is 12.1 Å². The lowest BCUT2D eigenvalue weighted by Crippen LogP contribution is -2.47. The number of ether oxygens (including phenoxy) is 2. The van der Waals surface area contributed by atoms with Gasteiger partial charge in [0.2, 0.25) is 5.88 Å². The number of nitrogens with one attached hydrogen (secondary N) is 1. The second-order valence-corrected chi connectivity index (χ2v) is 5.92. The summed E-state index contributed by atoms with van der Waals surface area (Å²) in [6, 6.07) is 10.7. The van der Waals surface area contributed by atoms with Gasteiger partial charge in [0.1, 0.15) is 0 Å². The molecule has 1 saturated heterocycles. The van der Waals surface area contributed by atoms with Gasteiger partial charge in [0.05, 0.1) is 19.0 Å². The Hall–Kier alpha value is -2.80. The normalized spacial score (nSPS) is 17.0. The first-order valence-electron chi connectivity index (χ1n) is 8.24. The molecule has 25 heavy (non-hydrogen) atoms. The van der Waals surface area contributed by atoms with Crippen LogP contribution in [0.25, 0.3) is 0 Å². The zero-order chi connectivity index (χ0) is 17.6. The Morgan fingerprint density at radius 1 is 1.28 bits per heavy atom. The van der Waals surface area contributed by atoms with Crippen LogP contribution in [-0.4, -0.2) is 42.2 Å². The van der Waals surface area contributed by atoms with Crippen molar-refractivity contribution in [2.24, 2.45) is 5.73 Å². The maximum absolute atomic E-state index is 12.3. The number of urea groups is 1. The number of rotatable bonds is 4. The molecule has 0 saturated carbocycles. The van der Waals surface area contributed by atoms with Crippen LogP contribution >= 0.6 is 0 Å². The van der Waals surface area contributed by atoms with Crippen molar-refractivity contribution in [1.29, 1.82) is 0 Å². The molecule has 0 spiro atoms. The molecule has 0 bridgehead atoms. The van der Waals surface area contributed by atoms with Gasteiger partial charge in [-0.15, -0.1) is 0 Å². The van der Waals surface area contributed by atoms with Crippen molar-refractivity contribution in [2.75, 3.05) is 25.5 Å². The van der Waals surface area contributed by atoms with E-state index in [0.717, 1.165) is 19.4 Å². The van der Waals surface area contributed by atoms with Crippen LogP contribution < -0.4 is 20.5 Å². The Kier molecular flexibility index (Phi) is 5.35. The van der Waals surface area contributed by atoms with E-state index in [-0.39, 0.29) is 12.1 Å². The molecule has 3 rings (SSSR count). The zero-order valence-corrected chi connectivity index (χ0v) is 14.1. The number of carbonyl (C=O) groups is 1. The molecule has 0 aliphatic carbocycles. The van der Waals surface area contributed by atoms with Gasteiger partial charge in [-0.3, -0.25) is 0 Å².